The molecule has 0 bridgehead atoms. The lowest BCUT2D eigenvalue weighted by Gasteiger charge is -2.15. The molecule has 1 unspecified atom stereocenters. The van der Waals surface area contributed by atoms with E-state index in [1.54, 1.807) is 12.1 Å². The summed E-state index contributed by atoms with van der Waals surface area (Å²) in [6.07, 6.45) is 0. The highest BCUT2D eigenvalue weighted by atomic mass is 19.1. The zero-order valence-corrected chi connectivity index (χ0v) is 10.4. The third-order valence-corrected chi connectivity index (χ3v) is 3.02. The van der Waals surface area contributed by atoms with Crippen molar-refractivity contribution < 1.29 is 4.39 Å². The second kappa shape index (κ2) is 5.65. The van der Waals surface area contributed by atoms with Gasteiger partial charge >= 0.3 is 0 Å². The van der Waals surface area contributed by atoms with Gasteiger partial charge in [0.25, 0.3) is 0 Å². The van der Waals surface area contributed by atoms with Crippen LogP contribution in [-0.4, -0.2) is 0 Å². The van der Waals surface area contributed by atoms with Crippen molar-refractivity contribution in [1.29, 1.82) is 0 Å². The van der Waals surface area contributed by atoms with Crippen molar-refractivity contribution in [3.8, 4) is 0 Å². The Balaban J connectivity index is 1.98. The van der Waals surface area contributed by atoms with Crippen LogP contribution >= 0.6 is 0 Å². The van der Waals surface area contributed by atoms with Crippen LogP contribution in [0, 0.1) is 5.82 Å². The molecule has 0 heterocycles. The predicted octanol–water partition coefficient (Wildman–Crippen LogP) is 3.26. The summed E-state index contributed by atoms with van der Waals surface area (Å²) >= 11 is 0. The van der Waals surface area contributed by atoms with Gasteiger partial charge in [-0.1, -0.05) is 30.3 Å². The Morgan fingerprint density at radius 3 is 2.44 bits per heavy atom. The van der Waals surface area contributed by atoms with Crippen molar-refractivity contribution in [3.05, 3.63) is 65.5 Å². The Bertz CT molecular complexity index is 508. The molecule has 0 spiro atoms. The van der Waals surface area contributed by atoms with E-state index in [-0.39, 0.29) is 11.9 Å². The summed E-state index contributed by atoms with van der Waals surface area (Å²) in [6, 6.07) is 14.5. The number of anilines is 1. The molecular formula is C15H17FN2. The lowest BCUT2D eigenvalue weighted by molar-refractivity contribution is 0.572. The van der Waals surface area contributed by atoms with Crippen molar-refractivity contribution in [2.45, 2.75) is 19.5 Å². The van der Waals surface area contributed by atoms with E-state index >= 15 is 0 Å². The molecule has 3 N–H and O–H groups in total. The number of para-hydroxylation sites is 1. The van der Waals surface area contributed by atoms with Crippen molar-refractivity contribution in [2.75, 3.05) is 5.73 Å². The summed E-state index contributed by atoms with van der Waals surface area (Å²) in [5.74, 6) is -0.210. The molecule has 18 heavy (non-hydrogen) atoms. The van der Waals surface area contributed by atoms with E-state index in [1.165, 1.54) is 12.1 Å². The molecule has 0 radical (unpaired) electrons. The lowest BCUT2D eigenvalue weighted by Crippen LogP contribution is -2.18. The Morgan fingerprint density at radius 1 is 1.11 bits per heavy atom. The van der Waals surface area contributed by atoms with Crippen molar-refractivity contribution in [1.82, 2.24) is 5.32 Å². The summed E-state index contributed by atoms with van der Waals surface area (Å²) in [5, 5.41) is 3.37. The van der Waals surface area contributed by atoms with Crippen molar-refractivity contribution >= 4 is 5.69 Å². The minimum absolute atomic E-state index is 0.158. The van der Waals surface area contributed by atoms with Gasteiger partial charge in [-0.3, -0.25) is 0 Å². The number of halogens is 1. The van der Waals surface area contributed by atoms with Crippen LogP contribution in [0.2, 0.25) is 0 Å². The molecule has 0 saturated carbocycles. The van der Waals surface area contributed by atoms with Crippen LogP contribution in [-0.2, 0) is 6.54 Å². The topological polar surface area (TPSA) is 38.0 Å². The average molecular weight is 244 g/mol. The molecule has 0 aliphatic rings. The van der Waals surface area contributed by atoms with Gasteiger partial charge in [-0.05, 0) is 36.2 Å². The monoisotopic (exact) mass is 244 g/mol. The number of rotatable bonds is 4. The second-order valence-electron chi connectivity index (χ2n) is 4.35. The minimum Gasteiger partial charge on any atom is -0.398 e. The Hall–Kier alpha value is -1.87. The zero-order valence-electron chi connectivity index (χ0n) is 10.4. The van der Waals surface area contributed by atoms with Crippen LogP contribution in [0.25, 0.3) is 0 Å². The zero-order chi connectivity index (χ0) is 13.0. The maximum Gasteiger partial charge on any atom is 0.123 e. The molecule has 0 aromatic heterocycles. The highest BCUT2D eigenvalue weighted by Crippen LogP contribution is 2.15. The van der Waals surface area contributed by atoms with Gasteiger partial charge < -0.3 is 11.1 Å². The molecule has 94 valence electrons. The first-order valence-electron chi connectivity index (χ1n) is 5.99. The van der Waals surface area contributed by atoms with Gasteiger partial charge in [-0.15, -0.1) is 0 Å². The SMILES string of the molecule is CC(NCc1ccccc1N)c1ccc(F)cc1. The standard InChI is InChI=1S/C15H17FN2/c1-11(12-6-8-14(16)9-7-12)18-10-13-4-2-3-5-15(13)17/h2-9,11,18H,10,17H2,1H3. The number of hydrogen-bond acceptors (Lipinski definition) is 2. The first kappa shape index (κ1) is 12.6. The van der Waals surface area contributed by atoms with Crippen LogP contribution in [0.5, 0.6) is 0 Å². The van der Waals surface area contributed by atoms with Crippen molar-refractivity contribution in [3.63, 3.8) is 0 Å². The van der Waals surface area contributed by atoms with Crippen molar-refractivity contribution in [2.24, 2.45) is 0 Å². The molecule has 2 aromatic carbocycles. The van der Waals surface area contributed by atoms with Crippen LogP contribution in [0.15, 0.2) is 48.5 Å². The summed E-state index contributed by atoms with van der Waals surface area (Å²) < 4.78 is 12.8. The lowest BCUT2D eigenvalue weighted by atomic mass is 10.1. The first-order chi connectivity index (χ1) is 8.66. The van der Waals surface area contributed by atoms with Crippen LogP contribution in [0.4, 0.5) is 10.1 Å². The number of nitrogen functional groups attached to an aromatic ring is 1. The van der Waals surface area contributed by atoms with E-state index in [9.17, 15) is 4.39 Å². The summed E-state index contributed by atoms with van der Waals surface area (Å²) in [5.41, 5.74) is 8.80. The third-order valence-electron chi connectivity index (χ3n) is 3.02. The molecule has 0 aliphatic carbocycles. The van der Waals surface area contributed by atoms with Gasteiger partial charge in [-0.2, -0.15) is 0 Å². The normalized spacial score (nSPS) is 12.3. The maximum absolute atomic E-state index is 12.8. The van der Waals surface area contributed by atoms with Gasteiger partial charge in [0, 0.05) is 18.3 Å². The smallest absolute Gasteiger partial charge is 0.123 e. The molecule has 0 aliphatic heterocycles. The van der Waals surface area contributed by atoms with Gasteiger partial charge in [0.2, 0.25) is 0 Å². The molecule has 1 atom stereocenters. The first-order valence-corrected chi connectivity index (χ1v) is 5.99. The minimum atomic E-state index is -0.210. The fourth-order valence-corrected chi connectivity index (χ4v) is 1.83. The largest absolute Gasteiger partial charge is 0.398 e. The molecule has 0 fully saturated rings. The molecule has 0 amide bonds. The fourth-order valence-electron chi connectivity index (χ4n) is 1.83. The highest BCUT2D eigenvalue weighted by molar-refractivity contribution is 5.46. The Labute approximate surface area is 107 Å². The third kappa shape index (κ3) is 3.08. The van der Waals surface area contributed by atoms with Gasteiger partial charge in [0.05, 0.1) is 0 Å². The number of nitrogens with one attached hydrogen (secondary N) is 1. The highest BCUT2D eigenvalue weighted by Gasteiger charge is 2.05. The molecular weight excluding hydrogens is 227 g/mol. The molecule has 3 heteroatoms. The number of benzene rings is 2. The van der Waals surface area contributed by atoms with E-state index in [4.69, 9.17) is 5.73 Å². The molecule has 0 saturated heterocycles. The summed E-state index contributed by atoms with van der Waals surface area (Å²) in [4.78, 5) is 0. The Morgan fingerprint density at radius 2 is 1.78 bits per heavy atom. The molecule has 2 nitrogen and oxygen atoms in total. The van der Waals surface area contributed by atoms with Crippen LogP contribution < -0.4 is 11.1 Å². The summed E-state index contributed by atoms with van der Waals surface area (Å²) in [6.45, 7) is 2.75. The van der Waals surface area contributed by atoms with E-state index in [0.717, 1.165) is 16.8 Å². The van der Waals surface area contributed by atoms with Gasteiger partial charge in [-0.25, -0.2) is 4.39 Å². The molecule has 2 rings (SSSR count). The second-order valence-corrected chi connectivity index (χ2v) is 4.35. The average Bonchev–Trinajstić information content (AvgIpc) is 2.38. The van der Waals surface area contributed by atoms with E-state index in [1.807, 2.05) is 31.2 Å². The van der Waals surface area contributed by atoms with E-state index in [0.29, 0.717) is 6.54 Å². The quantitative estimate of drug-likeness (QED) is 0.810. The number of nitrogens with two attached hydrogens (primary N) is 1. The Kier molecular flexibility index (Phi) is 3.95. The fraction of sp³-hybridized carbons (Fsp3) is 0.200. The molecule has 2 aromatic rings. The van der Waals surface area contributed by atoms with E-state index in [2.05, 4.69) is 5.32 Å². The van der Waals surface area contributed by atoms with Gasteiger partial charge in [0.15, 0.2) is 0 Å². The van der Waals surface area contributed by atoms with E-state index < -0.39 is 0 Å². The van der Waals surface area contributed by atoms with Gasteiger partial charge in [0.1, 0.15) is 5.82 Å². The van der Waals surface area contributed by atoms with Crippen LogP contribution in [0.3, 0.4) is 0 Å². The maximum atomic E-state index is 12.8. The number of hydrogen-bond donors (Lipinski definition) is 2. The van der Waals surface area contributed by atoms with Crippen LogP contribution in [0.1, 0.15) is 24.1 Å². The predicted molar refractivity (Wildman–Crippen MR) is 72.5 cm³/mol. The summed E-state index contributed by atoms with van der Waals surface area (Å²) in [7, 11) is 0.